The third-order valence-corrected chi connectivity index (χ3v) is 4.03. The molecule has 5 nitrogen and oxygen atoms in total. The molecule has 134 valence electrons. The van der Waals surface area contributed by atoms with E-state index in [-0.39, 0.29) is 5.91 Å². The molecule has 2 aromatic rings. The number of carbonyl (C=O) groups excluding carboxylic acids is 1. The zero-order valence-corrected chi connectivity index (χ0v) is 15.0. The second-order valence-corrected chi connectivity index (χ2v) is 6.09. The second kappa shape index (κ2) is 9.67. The molecule has 0 aliphatic rings. The van der Waals surface area contributed by atoms with Crippen LogP contribution in [0.1, 0.15) is 45.4 Å². The highest BCUT2D eigenvalue weighted by molar-refractivity contribution is 6.00. The average molecular weight is 342 g/mol. The van der Waals surface area contributed by atoms with Crippen molar-refractivity contribution in [2.45, 2.75) is 45.4 Å². The molecule has 0 unspecified atom stereocenters. The molecule has 1 aromatic carbocycles. The van der Waals surface area contributed by atoms with Crippen LogP contribution in [0.25, 0.3) is 11.1 Å². The minimum Gasteiger partial charge on any atom is -0.408 e. The summed E-state index contributed by atoms with van der Waals surface area (Å²) in [6.45, 7) is 2.21. The largest absolute Gasteiger partial charge is 0.419 e. The molecule has 0 spiro atoms. The van der Waals surface area contributed by atoms with Crippen LogP contribution in [0.5, 0.6) is 0 Å². The lowest BCUT2D eigenvalue weighted by Gasteiger charge is -2.02. The van der Waals surface area contributed by atoms with Crippen LogP contribution in [-0.4, -0.2) is 10.5 Å². The Bertz CT molecular complexity index is 812. The Labute approximate surface area is 148 Å². The number of unbranched alkanes of at least 4 members (excludes halogenated alkanes) is 5. The van der Waals surface area contributed by atoms with Crippen LogP contribution < -0.4 is 11.1 Å². The van der Waals surface area contributed by atoms with Crippen molar-refractivity contribution < 1.29 is 9.21 Å². The summed E-state index contributed by atoms with van der Waals surface area (Å²) in [5.74, 6) is -0.626. The molecule has 0 radical (unpaired) electrons. The van der Waals surface area contributed by atoms with E-state index < -0.39 is 5.76 Å². The predicted octanol–water partition coefficient (Wildman–Crippen LogP) is 4.54. The van der Waals surface area contributed by atoms with Gasteiger partial charge in [-0.15, -0.1) is 0 Å². The minimum atomic E-state index is -0.418. The van der Waals surface area contributed by atoms with E-state index in [9.17, 15) is 9.59 Å². The first kappa shape index (κ1) is 18.8. The zero-order chi connectivity index (χ0) is 18.1. The monoisotopic (exact) mass is 342 g/mol. The number of aryl methyl sites for hydroxylation is 1. The Balaban J connectivity index is 1.80. The van der Waals surface area contributed by atoms with Gasteiger partial charge in [0.15, 0.2) is 5.58 Å². The van der Waals surface area contributed by atoms with Gasteiger partial charge in [-0.1, -0.05) is 50.8 Å². The number of carbonyl (C=O) groups is 1. The van der Waals surface area contributed by atoms with Crippen LogP contribution in [-0.2, 0) is 11.8 Å². The molecule has 0 fully saturated rings. The van der Waals surface area contributed by atoms with Crippen molar-refractivity contribution in [2.24, 2.45) is 7.05 Å². The van der Waals surface area contributed by atoms with E-state index in [0.29, 0.717) is 16.8 Å². The van der Waals surface area contributed by atoms with Gasteiger partial charge in [-0.3, -0.25) is 9.36 Å². The van der Waals surface area contributed by atoms with Crippen LogP contribution in [0.15, 0.2) is 51.7 Å². The lowest BCUT2D eigenvalue weighted by Crippen LogP contribution is -2.09. The van der Waals surface area contributed by atoms with Crippen molar-refractivity contribution in [3.8, 4) is 0 Å². The Morgan fingerprint density at radius 3 is 2.80 bits per heavy atom. The number of amides is 1. The Hall–Kier alpha value is -2.56. The summed E-state index contributed by atoms with van der Waals surface area (Å²) >= 11 is 0. The first-order valence-electron chi connectivity index (χ1n) is 8.85. The molecule has 25 heavy (non-hydrogen) atoms. The number of hydrogen-bond donors (Lipinski definition) is 1. The number of rotatable bonds is 9. The number of benzene rings is 1. The van der Waals surface area contributed by atoms with E-state index in [1.54, 1.807) is 31.3 Å². The number of aromatic nitrogens is 1. The van der Waals surface area contributed by atoms with Crippen LogP contribution in [0, 0.1) is 0 Å². The fourth-order valence-electron chi connectivity index (χ4n) is 2.57. The van der Waals surface area contributed by atoms with Gasteiger partial charge in [-0.2, -0.15) is 0 Å². The van der Waals surface area contributed by atoms with Crippen LogP contribution in [0.2, 0.25) is 0 Å². The highest BCUT2D eigenvalue weighted by Crippen LogP contribution is 2.17. The molecule has 0 aliphatic carbocycles. The SMILES string of the molecule is CCCCCCC/C=C/C=C/C(=O)Nc1ccc2oc(=O)n(C)c2c1. The maximum atomic E-state index is 11.9. The zero-order valence-electron chi connectivity index (χ0n) is 15.0. The van der Waals surface area contributed by atoms with E-state index in [4.69, 9.17) is 4.42 Å². The Morgan fingerprint density at radius 1 is 1.20 bits per heavy atom. The molecule has 0 saturated carbocycles. The summed E-state index contributed by atoms with van der Waals surface area (Å²) in [7, 11) is 1.63. The van der Waals surface area contributed by atoms with Gasteiger partial charge < -0.3 is 9.73 Å². The van der Waals surface area contributed by atoms with Gasteiger partial charge in [-0.05, 0) is 31.0 Å². The number of allylic oxidation sites excluding steroid dienone is 3. The van der Waals surface area contributed by atoms with Gasteiger partial charge in [0.05, 0.1) is 5.52 Å². The maximum Gasteiger partial charge on any atom is 0.419 e. The molecular formula is C20H26N2O3. The maximum absolute atomic E-state index is 11.9. The average Bonchev–Trinajstić information content (AvgIpc) is 2.88. The number of nitrogens with one attached hydrogen (secondary N) is 1. The predicted molar refractivity (Wildman–Crippen MR) is 102 cm³/mol. The minimum absolute atomic E-state index is 0.208. The third kappa shape index (κ3) is 5.78. The summed E-state index contributed by atoms with van der Waals surface area (Å²) in [5.41, 5.74) is 1.77. The molecule has 1 heterocycles. The van der Waals surface area contributed by atoms with E-state index in [1.165, 1.54) is 42.7 Å². The lowest BCUT2D eigenvalue weighted by molar-refractivity contribution is -0.111. The standard InChI is InChI=1S/C20H26N2O3/c1-3-4-5-6-7-8-9-10-11-12-19(23)21-16-13-14-18-17(15-16)22(2)20(24)25-18/h9-15H,3-8H2,1-2H3,(H,21,23)/b10-9+,12-11+. The van der Waals surface area contributed by atoms with Gasteiger partial charge in [0.25, 0.3) is 0 Å². The Kier molecular flexibility index (Phi) is 7.26. The van der Waals surface area contributed by atoms with Crippen LogP contribution in [0.4, 0.5) is 5.69 Å². The molecule has 0 atom stereocenters. The highest BCUT2D eigenvalue weighted by Gasteiger charge is 2.07. The number of oxazole rings is 1. The van der Waals surface area contributed by atoms with Crippen molar-refractivity contribution in [2.75, 3.05) is 5.32 Å². The second-order valence-electron chi connectivity index (χ2n) is 6.09. The topological polar surface area (TPSA) is 64.2 Å². The molecular weight excluding hydrogens is 316 g/mol. The fraction of sp³-hybridized carbons (Fsp3) is 0.400. The number of fused-ring (bicyclic) bond motifs is 1. The fourth-order valence-corrected chi connectivity index (χ4v) is 2.57. The lowest BCUT2D eigenvalue weighted by atomic mass is 10.1. The van der Waals surface area contributed by atoms with Gasteiger partial charge in [0.2, 0.25) is 5.91 Å². The van der Waals surface area contributed by atoms with Crippen molar-refractivity contribution in [1.82, 2.24) is 4.57 Å². The molecule has 1 N–H and O–H groups in total. The van der Waals surface area contributed by atoms with Crippen molar-refractivity contribution in [3.05, 3.63) is 53.1 Å². The Morgan fingerprint density at radius 2 is 2.00 bits per heavy atom. The molecule has 5 heteroatoms. The number of hydrogen-bond acceptors (Lipinski definition) is 3. The van der Waals surface area contributed by atoms with E-state index in [0.717, 1.165) is 6.42 Å². The number of nitrogens with zero attached hydrogens (tertiary/aromatic N) is 1. The van der Waals surface area contributed by atoms with Crippen molar-refractivity contribution >= 4 is 22.7 Å². The van der Waals surface area contributed by atoms with Crippen LogP contribution >= 0.6 is 0 Å². The summed E-state index contributed by atoms with van der Waals surface area (Å²) < 4.78 is 6.47. The number of anilines is 1. The van der Waals surface area contributed by atoms with Gasteiger partial charge in [0, 0.05) is 18.8 Å². The summed E-state index contributed by atoms with van der Waals surface area (Å²) in [4.78, 5) is 23.4. The molecule has 0 aliphatic heterocycles. The van der Waals surface area contributed by atoms with Crippen molar-refractivity contribution in [1.29, 1.82) is 0 Å². The molecule has 0 saturated heterocycles. The molecule has 1 amide bonds. The van der Waals surface area contributed by atoms with Crippen LogP contribution in [0.3, 0.4) is 0 Å². The first-order valence-corrected chi connectivity index (χ1v) is 8.85. The summed E-state index contributed by atoms with van der Waals surface area (Å²) in [5, 5.41) is 2.78. The molecule has 0 bridgehead atoms. The van der Waals surface area contributed by atoms with Crippen molar-refractivity contribution in [3.63, 3.8) is 0 Å². The van der Waals surface area contributed by atoms with E-state index >= 15 is 0 Å². The molecule has 2 rings (SSSR count). The summed E-state index contributed by atoms with van der Waals surface area (Å²) in [6.07, 6.45) is 14.6. The smallest absolute Gasteiger partial charge is 0.408 e. The van der Waals surface area contributed by atoms with E-state index in [2.05, 4.69) is 18.3 Å². The highest BCUT2D eigenvalue weighted by atomic mass is 16.4. The first-order chi connectivity index (χ1) is 12.1. The van der Waals surface area contributed by atoms with Gasteiger partial charge >= 0.3 is 5.76 Å². The van der Waals surface area contributed by atoms with E-state index in [1.807, 2.05) is 6.08 Å². The normalized spacial score (nSPS) is 11.8. The third-order valence-electron chi connectivity index (χ3n) is 4.03. The summed E-state index contributed by atoms with van der Waals surface area (Å²) in [6, 6.07) is 5.11. The molecule has 1 aromatic heterocycles. The van der Waals surface area contributed by atoms with Gasteiger partial charge in [0.1, 0.15) is 0 Å². The van der Waals surface area contributed by atoms with Gasteiger partial charge in [-0.25, -0.2) is 4.79 Å². The quantitative estimate of drug-likeness (QED) is 0.413.